The van der Waals surface area contributed by atoms with Crippen molar-refractivity contribution in [3.63, 3.8) is 0 Å². The number of nitroso groups, excluding NO2 is 2. The molecule has 1 rings (SSSR count). The van der Waals surface area contributed by atoms with Gasteiger partial charge < -0.3 is 0 Å². The Hall–Kier alpha value is -1.82. The highest BCUT2D eigenvalue weighted by atomic mass is 32.2. The molecule has 1 aromatic carbocycles. The lowest BCUT2D eigenvalue weighted by Gasteiger charge is -2.05. The maximum absolute atomic E-state index is 10.9. The normalized spacial score (nSPS) is 10.5. The molecule has 0 unspecified atom stereocenters. The lowest BCUT2D eigenvalue weighted by atomic mass is 10.1. The molecule has 0 bridgehead atoms. The van der Waals surface area contributed by atoms with Crippen molar-refractivity contribution in [1.82, 2.24) is 0 Å². The van der Waals surface area contributed by atoms with Crippen LogP contribution in [0.4, 0.5) is 11.4 Å². The van der Waals surface area contributed by atoms with Crippen LogP contribution in [0.3, 0.4) is 0 Å². The molecule has 0 heterocycles. The maximum atomic E-state index is 10.9. The van der Waals surface area contributed by atoms with Gasteiger partial charge in [0.1, 0.15) is 11.4 Å². The summed E-state index contributed by atoms with van der Waals surface area (Å²) >= 11 is 1.39. The average Bonchev–Trinajstić information content (AvgIpc) is 2.34. The third kappa shape index (κ3) is 3.07. The monoisotopic (exact) mass is 250 g/mol. The third-order valence-electron chi connectivity index (χ3n) is 2.05. The van der Waals surface area contributed by atoms with Gasteiger partial charge in [-0.1, -0.05) is 0 Å². The molecule has 0 aliphatic heterocycles. The van der Waals surface area contributed by atoms with Gasteiger partial charge in [-0.15, -0.1) is 21.6 Å². The second-order valence-electron chi connectivity index (χ2n) is 3.18. The minimum absolute atomic E-state index is 0.0268. The standard InChI is InChI=1S/C11H10N2O3S/c1-7(14)3-4-8-10(17-2)6-5-9(12-15)11(8)13-16/h3-6H,1-2H3/b4-3+. The Morgan fingerprint density at radius 2 is 2.00 bits per heavy atom. The first-order chi connectivity index (χ1) is 8.13. The summed E-state index contributed by atoms with van der Waals surface area (Å²) in [5.74, 6) is -0.154. The van der Waals surface area contributed by atoms with Crippen LogP contribution in [0.5, 0.6) is 0 Å². The predicted octanol–water partition coefficient (Wildman–Crippen LogP) is 3.81. The van der Waals surface area contributed by atoms with E-state index in [0.717, 1.165) is 4.90 Å². The van der Waals surface area contributed by atoms with Gasteiger partial charge in [-0.25, -0.2) is 0 Å². The SMILES string of the molecule is CSc1ccc(N=O)c(N=O)c1/C=C/C(C)=O. The maximum Gasteiger partial charge on any atom is 0.152 e. The van der Waals surface area contributed by atoms with E-state index in [2.05, 4.69) is 10.4 Å². The third-order valence-corrected chi connectivity index (χ3v) is 2.85. The number of hydrogen-bond acceptors (Lipinski definition) is 6. The van der Waals surface area contributed by atoms with E-state index in [1.54, 1.807) is 6.07 Å². The van der Waals surface area contributed by atoms with Crippen molar-refractivity contribution in [1.29, 1.82) is 0 Å². The zero-order valence-corrected chi connectivity index (χ0v) is 10.2. The Kier molecular flexibility index (Phi) is 4.71. The second-order valence-corrected chi connectivity index (χ2v) is 4.02. The Morgan fingerprint density at radius 3 is 2.47 bits per heavy atom. The number of thioether (sulfide) groups is 1. The molecule has 0 N–H and O–H groups in total. The Balaban J connectivity index is 3.44. The highest BCUT2D eigenvalue weighted by Gasteiger charge is 2.12. The topological polar surface area (TPSA) is 75.9 Å². The van der Waals surface area contributed by atoms with Gasteiger partial charge in [0.25, 0.3) is 0 Å². The van der Waals surface area contributed by atoms with Crippen LogP contribution < -0.4 is 0 Å². The van der Waals surface area contributed by atoms with Crippen molar-refractivity contribution < 1.29 is 4.79 Å². The first-order valence-corrected chi connectivity index (χ1v) is 5.92. The summed E-state index contributed by atoms with van der Waals surface area (Å²) in [5.41, 5.74) is 0.380. The largest absolute Gasteiger partial charge is 0.295 e. The van der Waals surface area contributed by atoms with Gasteiger partial charge >= 0.3 is 0 Å². The van der Waals surface area contributed by atoms with Crippen LogP contribution in [0.2, 0.25) is 0 Å². The molecule has 0 aliphatic rings. The summed E-state index contributed by atoms with van der Waals surface area (Å²) in [4.78, 5) is 32.9. The predicted molar refractivity (Wildman–Crippen MR) is 68.8 cm³/mol. The van der Waals surface area contributed by atoms with Crippen molar-refractivity contribution >= 4 is 35.0 Å². The van der Waals surface area contributed by atoms with Gasteiger partial charge in [0.15, 0.2) is 5.78 Å². The zero-order chi connectivity index (χ0) is 12.8. The molecular weight excluding hydrogens is 240 g/mol. The van der Waals surface area contributed by atoms with Crippen molar-refractivity contribution in [2.75, 3.05) is 6.26 Å². The molecule has 1 aromatic rings. The number of benzene rings is 1. The van der Waals surface area contributed by atoms with Gasteiger partial charge in [-0.2, -0.15) is 0 Å². The highest BCUT2D eigenvalue weighted by Crippen LogP contribution is 2.38. The van der Waals surface area contributed by atoms with E-state index in [4.69, 9.17) is 0 Å². The number of carbonyl (C=O) groups excluding carboxylic acids is 1. The van der Waals surface area contributed by atoms with E-state index in [9.17, 15) is 14.6 Å². The number of rotatable bonds is 5. The number of ketones is 1. The summed E-state index contributed by atoms with van der Waals surface area (Å²) in [6.07, 6.45) is 4.61. The van der Waals surface area contributed by atoms with Gasteiger partial charge in [0.05, 0.1) is 0 Å². The molecule has 0 spiro atoms. The number of hydrogen-bond donors (Lipinski definition) is 0. The average molecular weight is 250 g/mol. The van der Waals surface area contributed by atoms with Crippen LogP contribution in [0, 0.1) is 9.81 Å². The molecule has 0 saturated heterocycles. The molecule has 17 heavy (non-hydrogen) atoms. The Labute approximate surface area is 102 Å². The van der Waals surface area contributed by atoms with Crippen LogP contribution in [-0.4, -0.2) is 12.0 Å². The van der Waals surface area contributed by atoms with Gasteiger partial charge in [0, 0.05) is 10.5 Å². The molecule has 6 heteroatoms. The van der Waals surface area contributed by atoms with Gasteiger partial charge in [-0.3, -0.25) is 4.79 Å². The van der Waals surface area contributed by atoms with E-state index >= 15 is 0 Å². The van der Waals surface area contributed by atoms with Crippen molar-refractivity contribution in [2.45, 2.75) is 11.8 Å². The first kappa shape index (κ1) is 13.2. The molecular formula is C11H10N2O3S. The number of carbonyl (C=O) groups is 1. The Bertz CT molecular complexity index is 498. The van der Waals surface area contributed by atoms with Crippen LogP contribution in [0.1, 0.15) is 12.5 Å². The molecule has 5 nitrogen and oxygen atoms in total. The molecule has 88 valence electrons. The molecule has 0 fully saturated rings. The van der Waals surface area contributed by atoms with E-state index in [0.29, 0.717) is 5.56 Å². The molecule has 0 aliphatic carbocycles. The van der Waals surface area contributed by atoms with Crippen LogP contribution in [0.25, 0.3) is 6.08 Å². The number of nitrogens with zero attached hydrogens (tertiary/aromatic N) is 2. The fourth-order valence-electron chi connectivity index (χ4n) is 1.29. The van der Waals surface area contributed by atoms with Crippen molar-refractivity contribution in [2.24, 2.45) is 10.4 Å². The smallest absolute Gasteiger partial charge is 0.152 e. The molecule has 0 radical (unpaired) electrons. The lowest BCUT2D eigenvalue weighted by Crippen LogP contribution is -1.84. The molecule has 0 amide bonds. The van der Waals surface area contributed by atoms with E-state index in [1.807, 2.05) is 6.26 Å². The minimum atomic E-state index is -0.154. The van der Waals surface area contributed by atoms with Gasteiger partial charge in [-0.05, 0) is 47.8 Å². The van der Waals surface area contributed by atoms with Crippen LogP contribution in [0.15, 0.2) is 33.5 Å². The quantitative estimate of drug-likeness (QED) is 0.452. The van der Waals surface area contributed by atoms with Crippen molar-refractivity contribution in [3.05, 3.63) is 33.6 Å². The Morgan fingerprint density at radius 1 is 1.29 bits per heavy atom. The summed E-state index contributed by atoms with van der Waals surface area (Å²) in [5, 5.41) is 5.54. The number of allylic oxidation sites excluding steroid dienone is 1. The van der Waals surface area contributed by atoms with E-state index < -0.39 is 0 Å². The fraction of sp³-hybridized carbons (Fsp3) is 0.182. The molecule has 0 saturated carbocycles. The first-order valence-electron chi connectivity index (χ1n) is 4.70. The summed E-state index contributed by atoms with van der Waals surface area (Å²) in [6.45, 7) is 1.39. The molecule has 0 atom stereocenters. The summed E-state index contributed by atoms with van der Waals surface area (Å²) in [7, 11) is 0. The lowest BCUT2D eigenvalue weighted by molar-refractivity contribution is -0.112. The molecule has 0 aromatic heterocycles. The fourth-order valence-corrected chi connectivity index (χ4v) is 1.88. The summed E-state index contributed by atoms with van der Waals surface area (Å²) in [6, 6.07) is 3.09. The highest BCUT2D eigenvalue weighted by molar-refractivity contribution is 7.98. The van der Waals surface area contributed by atoms with Crippen LogP contribution >= 0.6 is 11.8 Å². The van der Waals surface area contributed by atoms with Crippen LogP contribution in [-0.2, 0) is 4.79 Å². The van der Waals surface area contributed by atoms with Gasteiger partial charge in [0.2, 0.25) is 0 Å². The second kappa shape index (κ2) is 6.05. The van der Waals surface area contributed by atoms with E-state index in [-0.39, 0.29) is 17.2 Å². The minimum Gasteiger partial charge on any atom is -0.295 e. The zero-order valence-electron chi connectivity index (χ0n) is 9.34. The van der Waals surface area contributed by atoms with Crippen molar-refractivity contribution in [3.8, 4) is 0 Å². The van der Waals surface area contributed by atoms with E-state index in [1.165, 1.54) is 36.9 Å². The summed E-state index contributed by atoms with van der Waals surface area (Å²) < 4.78 is 0.